The molecule has 4 aromatic carbocycles. The van der Waals surface area contributed by atoms with Gasteiger partial charge in [-0.1, -0.05) is 60.2 Å². The van der Waals surface area contributed by atoms with Gasteiger partial charge in [0.25, 0.3) is 0 Å². The average Bonchev–Trinajstić information content (AvgIpc) is 2.78. The summed E-state index contributed by atoms with van der Waals surface area (Å²) in [5.41, 5.74) is 4.44. The van der Waals surface area contributed by atoms with Crippen molar-refractivity contribution >= 4 is 21.0 Å². The van der Waals surface area contributed by atoms with E-state index in [1.165, 1.54) is 50.4 Å². The predicted molar refractivity (Wildman–Crippen MR) is 137 cm³/mol. The van der Waals surface area contributed by atoms with Gasteiger partial charge in [0.05, 0.1) is 15.8 Å². The molecule has 4 aromatic rings. The molecule has 0 aromatic heterocycles. The molecule has 6 heteroatoms. The summed E-state index contributed by atoms with van der Waals surface area (Å²) in [6, 6.07) is 29.9. The third kappa shape index (κ3) is 6.29. The highest BCUT2D eigenvalue weighted by Crippen LogP contribution is 2.35. The van der Waals surface area contributed by atoms with Crippen molar-refractivity contribution in [2.24, 2.45) is 0 Å². The Bertz CT molecular complexity index is 1300. The standard InChI is InChI=1S/C21H21S.C7H8O4S/c1-16-14-17(2)21(18(3)15-16)22(19-10-6-4-7-11-19)20-12-8-5-9-13-20;1-5-2-3-6(8)4-7(5)12(9,10)11/h4-15H,1-3H3;2-4,8H,1H3,(H,9,10,11)/q+1;/p-1. The lowest BCUT2D eigenvalue weighted by molar-refractivity contribution is 0.455. The van der Waals surface area contributed by atoms with Crippen LogP contribution in [-0.4, -0.2) is 18.1 Å². The fourth-order valence-electron chi connectivity index (χ4n) is 3.83. The Morgan fingerprint density at radius 2 is 1.15 bits per heavy atom. The van der Waals surface area contributed by atoms with Gasteiger partial charge in [0.1, 0.15) is 15.9 Å². The van der Waals surface area contributed by atoms with Crippen molar-refractivity contribution in [3.8, 4) is 5.75 Å². The Kier molecular flexibility index (Phi) is 8.20. The monoisotopic (exact) mass is 492 g/mol. The Balaban J connectivity index is 0.000000229. The summed E-state index contributed by atoms with van der Waals surface area (Å²) in [5, 5.41) is 8.90. The van der Waals surface area contributed by atoms with Crippen LogP contribution < -0.4 is 0 Å². The Morgan fingerprint density at radius 3 is 1.56 bits per heavy atom. The van der Waals surface area contributed by atoms with Crippen LogP contribution in [0.1, 0.15) is 22.3 Å². The predicted octanol–water partition coefficient (Wildman–Crippen LogP) is 6.31. The zero-order valence-corrected chi connectivity index (χ0v) is 21.3. The van der Waals surface area contributed by atoms with Gasteiger partial charge in [-0.25, -0.2) is 8.42 Å². The number of benzene rings is 4. The molecule has 0 saturated heterocycles. The Hall–Kier alpha value is -3.06. The Morgan fingerprint density at radius 1 is 0.676 bits per heavy atom. The lowest BCUT2D eigenvalue weighted by atomic mass is 10.1. The van der Waals surface area contributed by atoms with Crippen LogP contribution in [0.3, 0.4) is 0 Å². The number of hydrogen-bond donors (Lipinski definition) is 1. The quantitative estimate of drug-likeness (QED) is 0.267. The third-order valence-electron chi connectivity index (χ3n) is 5.21. The van der Waals surface area contributed by atoms with E-state index in [1.54, 1.807) is 0 Å². The van der Waals surface area contributed by atoms with E-state index in [1.807, 2.05) is 0 Å². The van der Waals surface area contributed by atoms with Gasteiger partial charge in [-0.05, 0) is 69.7 Å². The zero-order chi connectivity index (χ0) is 24.9. The summed E-state index contributed by atoms with van der Waals surface area (Å²) in [5.74, 6) is -0.227. The smallest absolute Gasteiger partial charge is 0.172 e. The van der Waals surface area contributed by atoms with Crippen molar-refractivity contribution in [1.29, 1.82) is 0 Å². The van der Waals surface area contributed by atoms with Crippen LogP contribution >= 0.6 is 0 Å². The molecule has 0 unspecified atom stereocenters. The molecule has 176 valence electrons. The average molecular weight is 493 g/mol. The second kappa shape index (κ2) is 10.9. The number of hydrogen-bond acceptors (Lipinski definition) is 4. The summed E-state index contributed by atoms with van der Waals surface area (Å²) in [7, 11) is -4.51. The number of aromatic hydroxyl groups is 1. The topological polar surface area (TPSA) is 77.4 Å². The van der Waals surface area contributed by atoms with Gasteiger partial charge in [-0.15, -0.1) is 0 Å². The molecule has 0 aliphatic carbocycles. The fraction of sp³-hybridized carbons (Fsp3) is 0.143. The first kappa shape index (κ1) is 25.6. The highest BCUT2D eigenvalue weighted by molar-refractivity contribution is 7.97. The molecular formula is C28H28O4S2. The molecule has 0 amide bonds. The van der Waals surface area contributed by atoms with Crippen molar-refractivity contribution in [2.45, 2.75) is 47.3 Å². The minimum Gasteiger partial charge on any atom is -0.744 e. The summed E-state index contributed by atoms with van der Waals surface area (Å²) in [6.45, 7) is 8.14. The highest BCUT2D eigenvalue weighted by atomic mass is 32.2. The molecule has 0 fully saturated rings. The summed E-state index contributed by atoms with van der Waals surface area (Å²) < 4.78 is 31.6. The molecule has 0 heterocycles. The molecule has 1 N–H and O–H groups in total. The highest BCUT2D eigenvalue weighted by Gasteiger charge is 2.31. The minimum atomic E-state index is -4.47. The van der Waals surface area contributed by atoms with E-state index in [9.17, 15) is 13.0 Å². The number of phenols is 1. The van der Waals surface area contributed by atoms with Crippen LogP contribution in [0.5, 0.6) is 5.75 Å². The van der Waals surface area contributed by atoms with E-state index < -0.39 is 10.1 Å². The van der Waals surface area contributed by atoms with E-state index in [2.05, 4.69) is 93.6 Å². The first-order chi connectivity index (χ1) is 16.1. The van der Waals surface area contributed by atoms with E-state index in [0.29, 0.717) is 5.56 Å². The summed E-state index contributed by atoms with van der Waals surface area (Å²) in [6.07, 6.45) is 0. The first-order valence-corrected chi connectivity index (χ1v) is 13.4. The van der Waals surface area contributed by atoms with Crippen molar-refractivity contribution in [2.75, 3.05) is 0 Å². The van der Waals surface area contributed by atoms with Gasteiger partial charge >= 0.3 is 0 Å². The lowest BCUT2D eigenvalue weighted by Gasteiger charge is -2.13. The maximum absolute atomic E-state index is 10.5. The van der Waals surface area contributed by atoms with Crippen molar-refractivity contribution in [1.82, 2.24) is 0 Å². The van der Waals surface area contributed by atoms with Crippen LogP contribution in [0.4, 0.5) is 0 Å². The van der Waals surface area contributed by atoms with Gasteiger partial charge in [0, 0.05) is 11.1 Å². The first-order valence-electron chi connectivity index (χ1n) is 10.8. The largest absolute Gasteiger partial charge is 0.744 e. The second-order valence-corrected chi connectivity index (χ2v) is 11.4. The molecule has 0 atom stereocenters. The number of rotatable bonds is 4. The molecule has 0 aliphatic rings. The molecule has 0 aliphatic heterocycles. The van der Waals surface area contributed by atoms with Crippen molar-refractivity contribution < 1.29 is 18.1 Å². The van der Waals surface area contributed by atoms with E-state index in [0.717, 1.165) is 6.07 Å². The molecule has 0 spiro atoms. The summed E-state index contributed by atoms with van der Waals surface area (Å²) in [4.78, 5) is 3.85. The molecular weight excluding hydrogens is 464 g/mol. The van der Waals surface area contributed by atoms with Gasteiger partial charge in [0.2, 0.25) is 0 Å². The normalized spacial score (nSPS) is 11.1. The number of phenolic OH excluding ortho intramolecular Hbond substituents is 1. The number of aryl methyl sites for hydroxylation is 4. The van der Waals surface area contributed by atoms with Gasteiger partial charge in [-0.3, -0.25) is 0 Å². The van der Waals surface area contributed by atoms with Crippen LogP contribution in [0.25, 0.3) is 0 Å². The van der Waals surface area contributed by atoms with Crippen LogP contribution in [0.2, 0.25) is 0 Å². The van der Waals surface area contributed by atoms with E-state index in [4.69, 9.17) is 5.11 Å². The van der Waals surface area contributed by atoms with Crippen molar-refractivity contribution in [3.63, 3.8) is 0 Å². The molecule has 0 radical (unpaired) electrons. The fourth-order valence-corrected chi connectivity index (χ4v) is 6.92. The van der Waals surface area contributed by atoms with Gasteiger partial charge in [-0.2, -0.15) is 0 Å². The summed E-state index contributed by atoms with van der Waals surface area (Å²) >= 11 is 0. The van der Waals surface area contributed by atoms with Crippen LogP contribution in [-0.2, 0) is 21.0 Å². The van der Waals surface area contributed by atoms with E-state index >= 15 is 0 Å². The van der Waals surface area contributed by atoms with Gasteiger partial charge < -0.3 is 9.66 Å². The molecule has 4 nitrogen and oxygen atoms in total. The van der Waals surface area contributed by atoms with Crippen LogP contribution in [0, 0.1) is 27.7 Å². The van der Waals surface area contributed by atoms with E-state index in [-0.39, 0.29) is 21.5 Å². The SMILES string of the molecule is Cc1cc(C)c([S+](c2ccccc2)c2ccccc2)c(C)c1.Cc1ccc(O)cc1S(=O)(=O)[O-]. The molecule has 0 bridgehead atoms. The molecule has 0 saturated carbocycles. The minimum absolute atomic E-state index is 0.0460. The zero-order valence-electron chi connectivity index (χ0n) is 19.6. The van der Waals surface area contributed by atoms with Crippen LogP contribution in [0.15, 0.2) is 111 Å². The molecule has 34 heavy (non-hydrogen) atoms. The maximum atomic E-state index is 10.5. The third-order valence-corrected chi connectivity index (χ3v) is 8.73. The lowest BCUT2D eigenvalue weighted by Crippen LogP contribution is -2.08. The Labute approximate surface area is 205 Å². The van der Waals surface area contributed by atoms with Gasteiger partial charge in [0.15, 0.2) is 14.7 Å². The maximum Gasteiger partial charge on any atom is 0.172 e. The molecule has 4 rings (SSSR count). The second-order valence-electron chi connectivity index (χ2n) is 8.06. The van der Waals surface area contributed by atoms with Crippen molar-refractivity contribution in [3.05, 3.63) is 113 Å².